The quantitative estimate of drug-likeness (QED) is 0.841. The predicted molar refractivity (Wildman–Crippen MR) is 101 cm³/mol. The molecule has 3 rings (SSSR count). The lowest BCUT2D eigenvalue weighted by Gasteiger charge is -2.16. The summed E-state index contributed by atoms with van der Waals surface area (Å²) in [5.74, 6) is 0.608. The Morgan fingerprint density at radius 1 is 1.36 bits per heavy atom. The Bertz CT molecular complexity index is 723. The summed E-state index contributed by atoms with van der Waals surface area (Å²) in [6, 6.07) is 8.28. The lowest BCUT2D eigenvalue weighted by Crippen LogP contribution is -2.37. The van der Waals surface area contributed by atoms with Crippen LogP contribution < -0.4 is 5.32 Å². The highest BCUT2D eigenvalue weighted by atomic mass is 16.5. The summed E-state index contributed by atoms with van der Waals surface area (Å²) in [4.78, 5) is 15.1. The maximum absolute atomic E-state index is 12.8. The van der Waals surface area contributed by atoms with Crippen LogP contribution in [0.2, 0.25) is 0 Å². The van der Waals surface area contributed by atoms with Crippen molar-refractivity contribution in [2.75, 3.05) is 33.4 Å². The van der Waals surface area contributed by atoms with Gasteiger partial charge in [0.2, 0.25) is 0 Å². The fraction of sp³-hybridized carbons (Fsp3) is 0.550. The molecule has 1 saturated heterocycles. The molecule has 0 bridgehead atoms. The summed E-state index contributed by atoms with van der Waals surface area (Å²) < 4.78 is 7.37. The Hall–Kier alpha value is -1.85. The fourth-order valence-electron chi connectivity index (χ4n) is 3.61. The van der Waals surface area contributed by atoms with Crippen molar-refractivity contribution < 1.29 is 9.53 Å². The van der Waals surface area contributed by atoms with Crippen LogP contribution in [0.15, 0.2) is 30.5 Å². The summed E-state index contributed by atoms with van der Waals surface area (Å²) in [6.45, 7) is 8.96. The molecule has 1 unspecified atom stereocenters. The first kappa shape index (κ1) is 18.0. The molecular weight excluding hydrogens is 314 g/mol. The number of nitrogens with one attached hydrogen (secondary N) is 1. The summed E-state index contributed by atoms with van der Waals surface area (Å²) in [5.41, 5.74) is 1.91. The third-order valence-corrected chi connectivity index (χ3v) is 4.84. The third-order valence-electron chi connectivity index (χ3n) is 4.84. The molecule has 2 aromatic rings. The van der Waals surface area contributed by atoms with Crippen LogP contribution in [0.5, 0.6) is 0 Å². The van der Waals surface area contributed by atoms with Crippen LogP contribution in [-0.2, 0) is 11.3 Å². The van der Waals surface area contributed by atoms with E-state index in [1.807, 2.05) is 12.1 Å². The van der Waals surface area contributed by atoms with Gasteiger partial charge in [-0.1, -0.05) is 19.9 Å². The van der Waals surface area contributed by atoms with Crippen LogP contribution in [0.4, 0.5) is 0 Å². The minimum atomic E-state index is 0.0338. The van der Waals surface area contributed by atoms with E-state index in [1.54, 1.807) is 7.11 Å². The molecule has 1 aromatic carbocycles. The molecule has 1 fully saturated rings. The number of hydrogen-bond acceptors (Lipinski definition) is 3. The van der Waals surface area contributed by atoms with E-state index in [9.17, 15) is 4.79 Å². The molecule has 1 amide bonds. The zero-order chi connectivity index (χ0) is 17.8. The molecule has 2 heterocycles. The van der Waals surface area contributed by atoms with Gasteiger partial charge in [-0.15, -0.1) is 0 Å². The van der Waals surface area contributed by atoms with Crippen molar-refractivity contribution in [1.29, 1.82) is 0 Å². The van der Waals surface area contributed by atoms with Crippen LogP contribution in [0.25, 0.3) is 10.9 Å². The smallest absolute Gasteiger partial charge is 0.252 e. The van der Waals surface area contributed by atoms with Gasteiger partial charge in [0.1, 0.15) is 0 Å². The number of fused-ring (bicyclic) bond motifs is 1. The minimum Gasteiger partial charge on any atom is -0.383 e. The summed E-state index contributed by atoms with van der Waals surface area (Å²) in [7, 11) is 1.72. The number of ether oxygens (including phenoxy) is 1. The van der Waals surface area contributed by atoms with Gasteiger partial charge < -0.3 is 14.6 Å². The van der Waals surface area contributed by atoms with E-state index in [0.717, 1.165) is 55.7 Å². The van der Waals surface area contributed by atoms with E-state index < -0.39 is 0 Å². The molecule has 1 N–H and O–H groups in total. The van der Waals surface area contributed by atoms with Crippen molar-refractivity contribution in [3.05, 3.63) is 36.0 Å². The van der Waals surface area contributed by atoms with Gasteiger partial charge in [0.15, 0.2) is 0 Å². The molecule has 1 atom stereocenters. The van der Waals surface area contributed by atoms with Crippen LogP contribution in [0, 0.1) is 5.92 Å². The second-order valence-corrected chi connectivity index (χ2v) is 7.35. The van der Waals surface area contributed by atoms with E-state index in [2.05, 4.69) is 47.0 Å². The van der Waals surface area contributed by atoms with Gasteiger partial charge in [-0.25, -0.2) is 0 Å². The molecule has 0 saturated carbocycles. The number of likely N-dealkylation sites (tertiary alicyclic amines) is 1. The topological polar surface area (TPSA) is 46.5 Å². The molecule has 0 radical (unpaired) electrons. The van der Waals surface area contributed by atoms with Gasteiger partial charge in [0.05, 0.1) is 6.61 Å². The maximum atomic E-state index is 12.8. The van der Waals surface area contributed by atoms with Crippen molar-refractivity contribution in [2.24, 2.45) is 5.92 Å². The number of nitrogens with zero attached hydrogens (tertiary/aromatic N) is 2. The molecule has 0 spiro atoms. The molecule has 136 valence electrons. The van der Waals surface area contributed by atoms with Gasteiger partial charge in [-0.2, -0.15) is 0 Å². The average Bonchev–Trinajstić information content (AvgIpc) is 3.19. The molecule has 0 aliphatic carbocycles. The zero-order valence-electron chi connectivity index (χ0n) is 15.5. The van der Waals surface area contributed by atoms with Crippen LogP contribution in [-0.4, -0.2) is 54.8 Å². The number of methoxy groups -OCH3 is 1. The van der Waals surface area contributed by atoms with E-state index in [-0.39, 0.29) is 11.9 Å². The highest BCUT2D eigenvalue weighted by Crippen LogP contribution is 2.22. The third kappa shape index (κ3) is 4.22. The molecule has 25 heavy (non-hydrogen) atoms. The van der Waals surface area contributed by atoms with Crippen LogP contribution >= 0.6 is 0 Å². The van der Waals surface area contributed by atoms with E-state index in [1.165, 1.54) is 0 Å². The first-order valence-electron chi connectivity index (χ1n) is 9.18. The summed E-state index contributed by atoms with van der Waals surface area (Å²) in [6.07, 6.45) is 3.09. The van der Waals surface area contributed by atoms with Crippen LogP contribution in [0.1, 0.15) is 30.6 Å². The average molecular weight is 343 g/mol. The lowest BCUT2D eigenvalue weighted by atomic mass is 10.1. The van der Waals surface area contributed by atoms with Gasteiger partial charge in [-0.3, -0.25) is 9.69 Å². The summed E-state index contributed by atoms with van der Waals surface area (Å²) >= 11 is 0. The van der Waals surface area contributed by atoms with E-state index in [4.69, 9.17) is 4.74 Å². The summed E-state index contributed by atoms with van der Waals surface area (Å²) in [5, 5.41) is 4.25. The standard InChI is InChI=1S/C20H29N3O2/c1-15(2)13-23-10-8-17-18(5-4-6-19(17)23)20(24)21-16-7-9-22(14-16)11-12-25-3/h4-6,8,10,15-16H,7,9,11-14H2,1-3H3,(H,21,24). The molecule has 1 aromatic heterocycles. The van der Waals surface area contributed by atoms with Crippen molar-refractivity contribution in [1.82, 2.24) is 14.8 Å². The first-order valence-corrected chi connectivity index (χ1v) is 9.18. The van der Waals surface area contributed by atoms with Crippen molar-refractivity contribution in [3.8, 4) is 0 Å². The number of carbonyl (C=O) groups excluding carboxylic acids is 1. The molecule has 5 heteroatoms. The number of rotatable bonds is 7. The molecule has 1 aliphatic rings. The monoisotopic (exact) mass is 343 g/mol. The normalized spacial score (nSPS) is 18.3. The number of hydrogen-bond donors (Lipinski definition) is 1. The Morgan fingerprint density at radius 2 is 2.20 bits per heavy atom. The minimum absolute atomic E-state index is 0.0338. The number of benzene rings is 1. The van der Waals surface area contributed by atoms with E-state index >= 15 is 0 Å². The SMILES string of the molecule is COCCN1CCC(NC(=O)c2cccc3c2ccn3CC(C)C)C1. The molecular formula is C20H29N3O2. The van der Waals surface area contributed by atoms with Gasteiger partial charge >= 0.3 is 0 Å². The van der Waals surface area contributed by atoms with Crippen molar-refractivity contribution in [2.45, 2.75) is 32.9 Å². The van der Waals surface area contributed by atoms with Crippen molar-refractivity contribution >= 4 is 16.8 Å². The highest BCUT2D eigenvalue weighted by molar-refractivity contribution is 6.06. The second kappa shape index (κ2) is 8.02. The van der Waals surface area contributed by atoms with Crippen molar-refractivity contribution in [3.63, 3.8) is 0 Å². The lowest BCUT2D eigenvalue weighted by molar-refractivity contribution is 0.0938. The highest BCUT2D eigenvalue weighted by Gasteiger charge is 2.24. The van der Waals surface area contributed by atoms with Crippen LogP contribution in [0.3, 0.4) is 0 Å². The van der Waals surface area contributed by atoms with Gasteiger partial charge in [0, 0.05) is 62.0 Å². The first-order chi connectivity index (χ1) is 12.1. The molecule has 5 nitrogen and oxygen atoms in total. The number of amides is 1. The second-order valence-electron chi connectivity index (χ2n) is 7.35. The van der Waals surface area contributed by atoms with Gasteiger partial charge in [-0.05, 0) is 30.5 Å². The van der Waals surface area contributed by atoms with E-state index in [0.29, 0.717) is 5.92 Å². The predicted octanol–water partition coefficient (Wildman–Crippen LogP) is 2.75. The Labute approximate surface area is 149 Å². The number of aromatic nitrogens is 1. The Balaban J connectivity index is 1.69. The van der Waals surface area contributed by atoms with Gasteiger partial charge in [0.25, 0.3) is 5.91 Å². The largest absolute Gasteiger partial charge is 0.383 e. The Morgan fingerprint density at radius 3 is 2.96 bits per heavy atom. The number of carbonyl (C=O) groups is 1. The maximum Gasteiger partial charge on any atom is 0.252 e. The fourth-order valence-corrected chi connectivity index (χ4v) is 3.61. The Kier molecular flexibility index (Phi) is 5.76. The zero-order valence-corrected chi connectivity index (χ0v) is 15.5. The molecule has 1 aliphatic heterocycles.